The maximum atomic E-state index is 6.46. The van der Waals surface area contributed by atoms with Crippen molar-refractivity contribution in [2.24, 2.45) is 17.8 Å². The summed E-state index contributed by atoms with van der Waals surface area (Å²) < 4.78 is 6.46. The van der Waals surface area contributed by atoms with Gasteiger partial charge in [0.2, 0.25) is 0 Å². The maximum Gasteiger partial charge on any atom is 0.126 e. The van der Waals surface area contributed by atoms with Gasteiger partial charge >= 0.3 is 0 Å². The normalized spacial score (nSPS) is 33.9. The number of anilines is 1. The Morgan fingerprint density at radius 1 is 0.958 bits per heavy atom. The summed E-state index contributed by atoms with van der Waals surface area (Å²) in [6.07, 6.45) is 8.36. The number of para-hydroxylation sites is 1. The summed E-state index contributed by atoms with van der Waals surface area (Å²) in [5.41, 5.74) is 1.26. The monoisotopic (exact) mass is 322 g/mol. The van der Waals surface area contributed by atoms with Crippen molar-refractivity contribution >= 4 is 16.7 Å². The number of ether oxygens (including phenoxy) is 1. The van der Waals surface area contributed by atoms with E-state index in [9.17, 15) is 0 Å². The zero-order valence-corrected chi connectivity index (χ0v) is 14.2. The highest BCUT2D eigenvalue weighted by Gasteiger charge is 2.51. The molecule has 0 atom stereocenters. The predicted molar refractivity (Wildman–Crippen MR) is 97.1 cm³/mol. The Kier molecular flexibility index (Phi) is 3.51. The van der Waals surface area contributed by atoms with Crippen LogP contribution in [-0.4, -0.2) is 23.7 Å². The summed E-state index contributed by atoms with van der Waals surface area (Å²) in [5, 5.41) is 4.62. The van der Waals surface area contributed by atoms with E-state index in [0.717, 1.165) is 42.2 Å². The van der Waals surface area contributed by atoms with Crippen LogP contribution in [0.2, 0.25) is 0 Å². The minimum absolute atomic E-state index is 0.216. The van der Waals surface area contributed by atoms with Gasteiger partial charge in [0.1, 0.15) is 5.82 Å². The fraction of sp³-hybridized carbons (Fsp3) is 0.571. The van der Waals surface area contributed by atoms with Gasteiger partial charge in [0, 0.05) is 11.9 Å². The molecular weight excluding hydrogens is 296 g/mol. The molecule has 1 N–H and O–H groups in total. The topological polar surface area (TPSA) is 34.2 Å². The van der Waals surface area contributed by atoms with Crippen molar-refractivity contribution in [2.75, 3.05) is 18.5 Å². The molecule has 0 unspecified atom stereocenters. The minimum atomic E-state index is 0.216. The first kappa shape index (κ1) is 14.7. The van der Waals surface area contributed by atoms with Crippen molar-refractivity contribution in [3.8, 4) is 0 Å². The molecule has 4 aliphatic carbocycles. The Bertz CT molecular complexity index is 706. The van der Waals surface area contributed by atoms with Crippen molar-refractivity contribution in [3.05, 3.63) is 36.4 Å². The number of hydrogen-bond acceptors (Lipinski definition) is 3. The van der Waals surface area contributed by atoms with Gasteiger partial charge in [-0.25, -0.2) is 4.98 Å². The summed E-state index contributed by atoms with van der Waals surface area (Å²) in [6.45, 7) is 1.63. The molecule has 0 spiro atoms. The number of fused-ring (bicyclic) bond motifs is 1. The third kappa shape index (κ3) is 2.69. The van der Waals surface area contributed by atoms with Crippen molar-refractivity contribution in [3.63, 3.8) is 0 Å². The van der Waals surface area contributed by atoms with E-state index in [1.807, 2.05) is 6.07 Å². The van der Waals surface area contributed by atoms with Crippen LogP contribution >= 0.6 is 0 Å². The summed E-state index contributed by atoms with van der Waals surface area (Å²) in [4.78, 5) is 4.67. The number of benzene rings is 1. The van der Waals surface area contributed by atoms with E-state index in [-0.39, 0.29) is 5.60 Å². The van der Waals surface area contributed by atoms with Gasteiger partial charge in [-0.15, -0.1) is 0 Å². The fourth-order valence-electron chi connectivity index (χ4n) is 5.82. The largest absolute Gasteiger partial charge is 0.373 e. The third-order valence-electron chi connectivity index (χ3n) is 6.40. The molecule has 24 heavy (non-hydrogen) atoms. The van der Waals surface area contributed by atoms with Crippen LogP contribution in [0.5, 0.6) is 0 Å². The summed E-state index contributed by atoms with van der Waals surface area (Å²) in [7, 11) is 0. The van der Waals surface area contributed by atoms with Crippen LogP contribution in [0.4, 0.5) is 5.82 Å². The second kappa shape index (κ2) is 5.73. The van der Waals surface area contributed by atoms with E-state index >= 15 is 0 Å². The highest BCUT2D eigenvalue weighted by Crippen LogP contribution is 2.57. The molecule has 0 aliphatic heterocycles. The number of pyridine rings is 1. The Balaban J connectivity index is 1.18. The molecule has 126 valence electrons. The first-order valence-electron chi connectivity index (χ1n) is 9.52. The summed E-state index contributed by atoms with van der Waals surface area (Å²) in [5.74, 6) is 3.80. The number of nitrogens with one attached hydrogen (secondary N) is 1. The van der Waals surface area contributed by atoms with E-state index in [4.69, 9.17) is 4.74 Å². The lowest BCUT2D eigenvalue weighted by atomic mass is 9.54. The highest BCUT2D eigenvalue weighted by atomic mass is 16.5. The van der Waals surface area contributed by atoms with Gasteiger partial charge in [-0.2, -0.15) is 0 Å². The predicted octanol–water partition coefficient (Wildman–Crippen LogP) is 4.63. The van der Waals surface area contributed by atoms with E-state index in [1.54, 1.807) is 0 Å². The van der Waals surface area contributed by atoms with Gasteiger partial charge < -0.3 is 10.1 Å². The molecule has 1 aromatic carbocycles. The van der Waals surface area contributed by atoms with Crippen molar-refractivity contribution in [1.29, 1.82) is 0 Å². The van der Waals surface area contributed by atoms with Crippen LogP contribution in [0.25, 0.3) is 10.9 Å². The van der Waals surface area contributed by atoms with Crippen molar-refractivity contribution in [1.82, 2.24) is 4.98 Å². The lowest BCUT2D eigenvalue weighted by Crippen LogP contribution is -2.52. The standard InChI is InChI=1S/C21H26N2O/c1-2-4-19-18(3-1)5-6-20(23-19)22-7-8-24-21-12-15-9-16(13-21)11-17(10-15)14-21/h1-6,15-17H,7-14H2,(H,22,23). The van der Waals surface area contributed by atoms with Crippen molar-refractivity contribution in [2.45, 2.75) is 44.1 Å². The molecule has 4 bridgehead atoms. The van der Waals surface area contributed by atoms with Gasteiger partial charge in [0.25, 0.3) is 0 Å². The maximum absolute atomic E-state index is 6.46. The lowest BCUT2D eigenvalue weighted by Gasteiger charge is -2.56. The van der Waals surface area contributed by atoms with Crippen LogP contribution in [0.3, 0.4) is 0 Å². The minimum Gasteiger partial charge on any atom is -0.373 e. The van der Waals surface area contributed by atoms with Crippen LogP contribution in [0.15, 0.2) is 36.4 Å². The molecule has 1 heterocycles. The lowest BCUT2D eigenvalue weighted by molar-refractivity contribution is -0.159. The first-order chi connectivity index (χ1) is 11.8. The molecule has 1 aromatic heterocycles. The Morgan fingerprint density at radius 2 is 1.67 bits per heavy atom. The van der Waals surface area contributed by atoms with Crippen LogP contribution in [0.1, 0.15) is 38.5 Å². The molecule has 3 nitrogen and oxygen atoms in total. The van der Waals surface area contributed by atoms with Gasteiger partial charge in [-0.05, 0) is 74.5 Å². The van der Waals surface area contributed by atoms with E-state index < -0.39 is 0 Å². The zero-order valence-electron chi connectivity index (χ0n) is 14.2. The molecule has 0 saturated heterocycles. The number of hydrogen-bond donors (Lipinski definition) is 1. The van der Waals surface area contributed by atoms with Crippen molar-refractivity contribution < 1.29 is 4.74 Å². The number of rotatable bonds is 5. The van der Waals surface area contributed by atoms with E-state index in [1.165, 1.54) is 43.9 Å². The number of aromatic nitrogens is 1. The fourth-order valence-corrected chi connectivity index (χ4v) is 5.82. The van der Waals surface area contributed by atoms with Gasteiger partial charge in [-0.3, -0.25) is 0 Å². The molecule has 0 amide bonds. The first-order valence-corrected chi connectivity index (χ1v) is 9.52. The highest BCUT2D eigenvalue weighted by molar-refractivity contribution is 5.79. The molecule has 2 aromatic rings. The summed E-state index contributed by atoms with van der Waals surface area (Å²) in [6, 6.07) is 12.4. The van der Waals surface area contributed by atoms with Gasteiger partial charge in [0.15, 0.2) is 0 Å². The van der Waals surface area contributed by atoms with E-state index in [2.05, 4.69) is 40.6 Å². The quantitative estimate of drug-likeness (QED) is 0.815. The Morgan fingerprint density at radius 3 is 2.42 bits per heavy atom. The SMILES string of the molecule is c1ccc2nc(NCCOC34CC5CC(CC(C5)C3)C4)ccc2c1. The summed E-state index contributed by atoms with van der Waals surface area (Å²) >= 11 is 0. The Labute approximate surface area is 143 Å². The molecule has 4 aliphatic rings. The average molecular weight is 322 g/mol. The second-order valence-electron chi connectivity index (χ2n) is 8.26. The molecule has 4 fully saturated rings. The molecule has 3 heteroatoms. The second-order valence-corrected chi connectivity index (χ2v) is 8.26. The Hall–Kier alpha value is -1.61. The van der Waals surface area contributed by atoms with Crippen LogP contribution in [0, 0.1) is 17.8 Å². The molecule has 0 radical (unpaired) electrons. The van der Waals surface area contributed by atoms with Crippen LogP contribution in [-0.2, 0) is 4.74 Å². The average Bonchev–Trinajstić information content (AvgIpc) is 2.57. The number of nitrogens with zero attached hydrogens (tertiary/aromatic N) is 1. The van der Waals surface area contributed by atoms with Crippen LogP contribution < -0.4 is 5.32 Å². The van der Waals surface area contributed by atoms with Gasteiger partial charge in [-0.1, -0.05) is 18.2 Å². The zero-order chi connectivity index (χ0) is 16.0. The third-order valence-corrected chi connectivity index (χ3v) is 6.40. The molecule has 6 rings (SSSR count). The smallest absolute Gasteiger partial charge is 0.126 e. The van der Waals surface area contributed by atoms with E-state index in [0.29, 0.717) is 0 Å². The molecule has 4 saturated carbocycles. The molecular formula is C21H26N2O. The van der Waals surface area contributed by atoms with Gasteiger partial charge in [0.05, 0.1) is 17.7 Å².